The van der Waals surface area contributed by atoms with Gasteiger partial charge in [0.25, 0.3) is 5.91 Å². The number of furan rings is 1. The maximum Gasteiger partial charge on any atom is 0.287 e. The molecular weight excluding hydrogens is 334 g/mol. The Bertz CT molecular complexity index is 597. The summed E-state index contributed by atoms with van der Waals surface area (Å²) in [6.45, 7) is 0.319. The van der Waals surface area contributed by atoms with Gasteiger partial charge in [0.1, 0.15) is 5.75 Å². The fraction of sp³-hybridized carbons (Fsp3) is 0.154. The molecule has 2 aromatic rings. The lowest BCUT2D eigenvalue weighted by molar-refractivity contribution is 0.0922. The van der Waals surface area contributed by atoms with Gasteiger partial charge < -0.3 is 14.5 Å². The Morgan fingerprint density at radius 1 is 1.42 bits per heavy atom. The SMILES string of the molecule is COc1ccc(CNC(=O)c2ccc(Br)o2)c(Cl)c1. The second-order valence-electron chi connectivity index (χ2n) is 3.74. The molecule has 1 aromatic carbocycles. The largest absolute Gasteiger partial charge is 0.497 e. The highest BCUT2D eigenvalue weighted by molar-refractivity contribution is 9.10. The van der Waals surface area contributed by atoms with E-state index in [1.54, 1.807) is 37.4 Å². The number of nitrogens with one attached hydrogen (secondary N) is 1. The summed E-state index contributed by atoms with van der Waals surface area (Å²) in [4.78, 5) is 11.8. The summed E-state index contributed by atoms with van der Waals surface area (Å²) in [5, 5.41) is 3.27. The summed E-state index contributed by atoms with van der Waals surface area (Å²) in [6, 6.07) is 8.55. The Hall–Kier alpha value is -1.46. The standard InChI is InChI=1S/C13H11BrClNO3/c1-18-9-3-2-8(10(15)6-9)7-16-13(17)11-4-5-12(14)19-11/h2-6H,7H2,1H3,(H,16,17). The Morgan fingerprint density at radius 3 is 2.79 bits per heavy atom. The molecule has 19 heavy (non-hydrogen) atoms. The smallest absolute Gasteiger partial charge is 0.287 e. The van der Waals surface area contributed by atoms with Crippen LogP contribution >= 0.6 is 27.5 Å². The van der Waals surface area contributed by atoms with Crippen LogP contribution in [0.5, 0.6) is 5.75 Å². The van der Waals surface area contributed by atoms with Crippen LogP contribution in [0, 0.1) is 0 Å². The first-order valence-electron chi connectivity index (χ1n) is 5.46. The van der Waals surface area contributed by atoms with Gasteiger partial charge >= 0.3 is 0 Å². The van der Waals surface area contributed by atoms with Gasteiger partial charge in [0, 0.05) is 11.6 Å². The molecule has 4 nitrogen and oxygen atoms in total. The Kier molecular flexibility index (Phi) is 4.50. The minimum atomic E-state index is -0.294. The van der Waals surface area contributed by atoms with Gasteiger partial charge in [-0.3, -0.25) is 4.79 Å². The molecule has 1 heterocycles. The predicted octanol–water partition coefficient (Wildman–Crippen LogP) is 3.63. The van der Waals surface area contributed by atoms with Gasteiger partial charge in [0.05, 0.1) is 7.11 Å². The molecule has 1 amide bonds. The summed E-state index contributed by atoms with van der Waals surface area (Å²) in [6.07, 6.45) is 0. The molecule has 0 aliphatic carbocycles. The highest BCUT2D eigenvalue weighted by Gasteiger charge is 2.11. The summed E-state index contributed by atoms with van der Waals surface area (Å²) in [5.74, 6) is 0.629. The third kappa shape index (κ3) is 3.52. The number of halogens is 2. The van der Waals surface area contributed by atoms with Crippen LogP contribution in [0.3, 0.4) is 0 Å². The third-order valence-corrected chi connectivity index (χ3v) is 3.27. The van der Waals surface area contributed by atoms with E-state index in [-0.39, 0.29) is 11.7 Å². The summed E-state index contributed by atoms with van der Waals surface area (Å²) < 4.78 is 10.7. The molecule has 0 bridgehead atoms. The molecule has 0 atom stereocenters. The van der Waals surface area contributed by atoms with Crippen molar-refractivity contribution in [2.75, 3.05) is 7.11 Å². The first-order chi connectivity index (χ1) is 9.10. The van der Waals surface area contributed by atoms with Crippen molar-refractivity contribution in [3.05, 3.63) is 51.3 Å². The van der Waals surface area contributed by atoms with E-state index in [4.69, 9.17) is 20.8 Å². The molecule has 0 saturated carbocycles. The molecule has 100 valence electrons. The number of ether oxygens (including phenoxy) is 1. The summed E-state index contributed by atoms with van der Waals surface area (Å²) in [5.41, 5.74) is 0.807. The third-order valence-electron chi connectivity index (χ3n) is 2.50. The van der Waals surface area contributed by atoms with Gasteiger partial charge in [-0.05, 0) is 45.8 Å². The zero-order chi connectivity index (χ0) is 13.8. The molecular formula is C13H11BrClNO3. The number of benzene rings is 1. The first kappa shape index (κ1) is 14.0. The predicted molar refractivity (Wildman–Crippen MR) is 75.6 cm³/mol. The van der Waals surface area contributed by atoms with Crippen LogP contribution in [0.1, 0.15) is 16.1 Å². The van der Waals surface area contributed by atoms with Crippen LogP contribution in [-0.2, 0) is 6.54 Å². The van der Waals surface area contributed by atoms with Gasteiger partial charge in [0.2, 0.25) is 0 Å². The summed E-state index contributed by atoms with van der Waals surface area (Å²) >= 11 is 9.22. The highest BCUT2D eigenvalue weighted by atomic mass is 79.9. The quantitative estimate of drug-likeness (QED) is 0.921. The second-order valence-corrected chi connectivity index (χ2v) is 4.93. The minimum Gasteiger partial charge on any atom is -0.497 e. The normalized spacial score (nSPS) is 10.3. The topological polar surface area (TPSA) is 51.5 Å². The molecule has 0 aliphatic rings. The Labute approximate surface area is 123 Å². The number of hydrogen-bond acceptors (Lipinski definition) is 3. The van der Waals surface area contributed by atoms with Gasteiger partial charge in [-0.1, -0.05) is 17.7 Å². The van der Waals surface area contributed by atoms with Crippen molar-refractivity contribution in [1.29, 1.82) is 0 Å². The Morgan fingerprint density at radius 2 is 2.21 bits per heavy atom. The van der Waals surface area contributed by atoms with E-state index in [2.05, 4.69) is 21.2 Å². The molecule has 0 radical (unpaired) electrons. The number of hydrogen-bond donors (Lipinski definition) is 1. The fourth-order valence-corrected chi connectivity index (χ4v) is 2.04. The maximum absolute atomic E-state index is 11.8. The van der Waals surface area contributed by atoms with Gasteiger partial charge in [-0.2, -0.15) is 0 Å². The van der Waals surface area contributed by atoms with Crippen molar-refractivity contribution in [3.63, 3.8) is 0 Å². The lowest BCUT2D eigenvalue weighted by Gasteiger charge is -2.07. The maximum atomic E-state index is 11.8. The zero-order valence-corrected chi connectivity index (χ0v) is 12.4. The second kappa shape index (κ2) is 6.12. The first-order valence-corrected chi connectivity index (χ1v) is 6.63. The lowest BCUT2D eigenvalue weighted by Crippen LogP contribution is -2.22. The van der Waals surface area contributed by atoms with Gasteiger partial charge in [0.15, 0.2) is 10.4 Å². The number of carbonyl (C=O) groups is 1. The molecule has 0 spiro atoms. The van der Waals surface area contributed by atoms with Gasteiger partial charge in [-0.15, -0.1) is 0 Å². The number of amides is 1. The number of carbonyl (C=O) groups excluding carboxylic acids is 1. The molecule has 2 rings (SSSR count). The molecule has 6 heteroatoms. The summed E-state index contributed by atoms with van der Waals surface area (Å²) in [7, 11) is 1.57. The zero-order valence-electron chi connectivity index (χ0n) is 10.1. The molecule has 1 aromatic heterocycles. The van der Waals surface area contributed by atoms with Crippen molar-refractivity contribution in [3.8, 4) is 5.75 Å². The van der Waals surface area contributed by atoms with Crippen LogP contribution in [-0.4, -0.2) is 13.0 Å². The van der Waals surface area contributed by atoms with Crippen LogP contribution in [0.25, 0.3) is 0 Å². The molecule has 0 aliphatic heterocycles. The molecule has 1 N–H and O–H groups in total. The monoisotopic (exact) mass is 343 g/mol. The van der Waals surface area contributed by atoms with E-state index in [1.165, 1.54) is 0 Å². The fourth-order valence-electron chi connectivity index (χ4n) is 1.50. The van der Waals surface area contributed by atoms with Crippen molar-refractivity contribution in [2.45, 2.75) is 6.54 Å². The minimum absolute atomic E-state index is 0.247. The van der Waals surface area contributed by atoms with Crippen molar-refractivity contribution in [2.24, 2.45) is 0 Å². The average molecular weight is 345 g/mol. The van der Waals surface area contributed by atoms with Crippen molar-refractivity contribution < 1.29 is 13.9 Å². The average Bonchev–Trinajstić information content (AvgIpc) is 2.83. The lowest BCUT2D eigenvalue weighted by atomic mass is 10.2. The van der Waals surface area contributed by atoms with E-state index in [0.717, 1.165) is 5.56 Å². The molecule has 0 fully saturated rings. The molecule has 0 saturated heterocycles. The number of methoxy groups -OCH3 is 1. The van der Waals surface area contributed by atoms with Gasteiger partial charge in [-0.25, -0.2) is 0 Å². The van der Waals surface area contributed by atoms with Crippen LogP contribution in [0.2, 0.25) is 5.02 Å². The highest BCUT2D eigenvalue weighted by Crippen LogP contribution is 2.22. The van der Waals surface area contributed by atoms with E-state index in [1.807, 2.05) is 0 Å². The van der Waals surface area contributed by atoms with Crippen LogP contribution in [0.4, 0.5) is 0 Å². The van der Waals surface area contributed by atoms with Crippen molar-refractivity contribution in [1.82, 2.24) is 5.32 Å². The number of rotatable bonds is 4. The van der Waals surface area contributed by atoms with E-state index in [9.17, 15) is 4.79 Å². The van der Waals surface area contributed by atoms with Crippen molar-refractivity contribution >= 4 is 33.4 Å². The van der Waals surface area contributed by atoms with E-state index in [0.29, 0.717) is 22.0 Å². The van der Waals surface area contributed by atoms with Crippen LogP contribution in [0.15, 0.2) is 39.4 Å². The van der Waals surface area contributed by atoms with Crippen LogP contribution < -0.4 is 10.1 Å². The van der Waals surface area contributed by atoms with E-state index < -0.39 is 0 Å². The van der Waals surface area contributed by atoms with E-state index >= 15 is 0 Å². The molecule has 0 unspecified atom stereocenters. The Balaban J connectivity index is 2.01.